The monoisotopic (exact) mass is 126 g/mol. The largest absolute Gasteiger partial charge is 0.457 e. The van der Waals surface area contributed by atoms with Crippen LogP contribution in [-0.4, -0.2) is 12.1 Å². The molecule has 2 heteroatoms. The van der Waals surface area contributed by atoms with Crippen LogP contribution >= 0.6 is 0 Å². The van der Waals surface area contributed by atoms with Gasteiger partial charge in [-0.3, -0.25) is 4.79 Å². The molecule has 9 heavy (non-hydrogen) atoms. The summed E-state index contributed by atoms with van der Waals surface area (Å²) in [7, 11) is 0. The number of hydrogen-bond acceptors (Lipinski definition) is 2. The molecule has 0 aromatic heterocycles. The second-order valence-electron chi connectivity index (χ2n) is 2.22. The van der Waals surface area contributed by atoms with Gasteiger partial charge < -0.3 is 4.74 Å². The lowest BCUT2D eigenvalue weighted by Crippen LogP contribution is -2.41. The Bertz CT molecular complexity index is 149. The molecule has 1 aliphatic heterocycles. The Labute approximate surface area is 54.5 Å². The molecule has 1 aliphatic rings. The minimum Gasteiger partial charge on any atom is -0.457 e. The first kappa shape index (κ1) is 6.33. The summed E-state index contributed by atoms with van der Waals surface area (Å²) in [5, 5.41) is 0. The number of carbonyl (C=O) groups excluding carboxylic acids is 1. The molecule has 1 rings (SSSR count). The summed E-state index contributed by atoms with van der Waals surface area (Å²) in [6.07, 6.45) is 3.84. The summed E-state index contributed by atoms with van der Waals surface area (Å²) < 4.78 is 4.77. The third-order valence-electron chi connectivity index (χ3n) is 1.50. The van der Waals surface area contributed by atoms with E-state index in [9.17, 15) is 4.79 Å². The maximum absolute atomic E-state index is 10.5. The van der Waals surface area contributed by atoms with Gasteiger partial charge in [-0.05, 0) is 19.9 Å². The Morgan fingerprint density at radius 3 is 2.67 bits per heavy atom. The Morgan fingerprint density at radius 2 is 2.33 bits per heavy atom. The smallest absolute Gasteiger partial charge is 0.313 e. The van der Waals surface area contributed by atoms with E-state index in [1.165, 1.54) is 0 Å². The van der Waals surface area contributed by atoms with Crippen LogP contribution in [0, 0.1) is 5.92 Å². The standard InChI is InChI=1S/C7H10O2/c1-3-4-6-5(2)7(8)9-6/h3-6H,1-2H3/b4-3+. The van der Waals surface area contributed by atoms with Crippen molar-refractivity contribution in [3.05, 3.63) is 12.2 Å². The molecule has 0 N–H and O–H groups in total. The molecule has 0 aromatic carbocycles. The Hall–Kier alpha value is -0.790. The van der Waals surface area contributed by atoms with E-state index in [0.717, 1.165) is 0 Å². The Kier molecular flexibility index (Phi) is 1.56. The van der Waals surface area contributed by atoms with Crippen LogP contribution < -0.4 is 0 Å². The van der Waals surface area contributed by atoms with Crippen molar-refractivity contribution in [3.63, 3.8) is 0 Å². The average molecular weight is 126 g/mol. The Morgan fingerprint density at radius 1 is 1.67 bits per heavy atom. The molecule has 2 atom stereocenters. The highest BCUT2D eigenvalue weighted by Crippen LogP contribution is 2.21. The van der Waals surface area contributed by atoms with E-state index in [4.69, 9.17) is 4.74 Å². The Balaban J connectivity index is 2.42. The molecule has 1 heterocycles. The molecule has 1 saturated heterocycles. The summed E-state index contributed by atoms with van der Waals surface area (Å²) in [4.78, 5) is 10.5. The zero-order chi connectivity index (χ0) is 6.85. The van der Waals surface area contributed by atoms with Gasteiger partial charge in [-0.1, -0.05) is 6.08 Å². The van der Waals surface area contributed by atoms with Crippen LogP contribution in [0.4, 0.5) is 0 Å². The van der Waals surface area contributed by atoms with Gasteiger partial charge in [-0.15, -0.1) is 0 Å². The summed E-state index contributed by atoms with van der Waals surface area (Å²) in [5.74, 6) is -0.0145. The van der Waals surface area contributed by atoms with E-state index in [1.54, 1.807) is 0 Å². The highest BCUT2D eigenvalue weighted by Gasteiger charge is 2.35. The first-order valence-electron chi connectivity index (χ1n) is 3.09. The fraction of sp³-hybridized carbons (Fsp3) is 0.571. The zero-order valence-corrected chi connectivity index (χ0v) is 5.63. The van der Waals surface area contributed by atoms with Gasteiger partial charge in [0.2, 0.25) is 0 Å². The third kappa shape index (κ3) is 0.969. The molecule has 2 nitrogen and oxygen atoms in total. The molecule has 0 amide bonds. The fourth-order valence-corrected chi connectivity index (χ4v) is 0.801. The number of rotatable bonds is 1. The topological polar surface area (TPSA) is 26.3 Å². The van der Waals surface area contributed by atoms with Crippen LogP contribution in [-0.2, 0) is 9.53 Å². The van der Waals surface area contributed by atoms with Gasteiger partial charge >= 0.3 is 5.97 Å². The second kappa shape index (κ2) is 2.21. The molecule has 0 radical (unpaired) electrons. The van der Waals surface area contributed by atoms with E-state index in [-0.39, 0.29) is 18.0 Å². The lowest BCUT2D eigenvalue weighted by atomic mass is 9.99. The molecular formula is C7H10O2. The average Bonchev–Trinajstić information content (AvgIpc) is 1.88. The molecule has 0 spiro atoms. The van der Waals surface area contributed by atoms with E-state index >= 15 is 0 Å². The summed E-state index contributed by atoms with van der Waals surface area (Å²) in [6.45, 7) is 3.79. The first-order chi connectivity index (χ1) is 4.25. The lowest BCUT2D eigenvalue weighted by molar-refractivity contribution is -0.176. The van der Waals surface area contributed by atoms with Crippen molar-refractivity contribution in [2.75, 3.05) is 0 Å². The van der Waals surface area contributed by atoms with Crippen molar-refractivity contribution in [1.29, 1.82) is 0 Å². The molecule has 0 saturated carbocycles. The fourth-order valence-electron chi connectivity index (χ4n) is 0.801. The minimum absolute atomic E-state index is 0.0440. The highest BCUT2D eigenvalue weighted by molar-refractivity contribution is 5.78. The minimum atomic E-state index is -0.0851. The zero-order valence-electron chi connectivity index (χ0n) is 5.63. The van der Waals surface area contributed by atoms with Crippen LogP contribution in [0.1, 0.15) is 13.8 Å². The third-order valence-corrected chi connectivity index (χ3v) is 1.50. The lowest BCUT2D eigenvalue weighted by Gasteiger charge is -2.29. The molecule has 50 valence electrons. The molecule has 2 unspecified atom stereocenters. The second-order valence-corrected chi connectivity index (χ2v) is 2.22. The van der Waals surface area contributed by atoms with Crippen molar-refractivity contribution in [2.45, 2.75) is 20.0 Å². The maximum Gasteiger partial charge on any atom is 0.313 e. The van der Waals surface area contributed by atoms with E-state index < -0.39 is 0 Å². The molecule has 1 fully saturated rings. The number of cyclic esters (lactones) is 1. The van der Waals surface area contributed by atoms with Gasteiger partial charge in [0.1, 0.15) is 6.10 Å². The number of ether oxygens (including phenoxy) is 1. The SMILES string of the molecule is C/C=C/C1OC(=O)C1C. The van der Waals surface area contributed by atoms with E-state index in [0.29, 0.717) is 0 Å². The van der Waals surface area contributed by atoms with Gasteiger partial charge in [0.05, 0.1) is 5.92 Å². The summed E-state index contributed by atoms with van der Waals surface area (Å²) in [6, 6.07) is 0. The van der Waals surface area contributed by atoms with Crippen LogP contribution in [0.5, 0.6) is 0 Å². The predicted molar refractivity (Wildman–Crippen MR) is 33.9 cm³/mol. The van der Waals surface area contributed by atoms with Gasteiger partial charge in [0.15, 0.2) is 0 Å². The first-order valence-corrected chi connectivity index (χ1v) is 3.09. The van der Waals surface area contributed by atoms with Crippen LogP contribution in [0.15, 0.2) is 12.2 Å². The van der Waals surface area contributed by atoms with Gasteiger partial charge in [-0.25, -0.2) is 0 Å². The van der Waals surface area contributed by atoms with Gasteiger partial charge in [0, 0.05) is 0 Å². The molecular weight excluding hydrogens is 116 g/mol. The van der Waals surface area contributed by atoms with Gasteiger partial charge in [-0.2, -0.15) is 0 Å². The molecule has 0 aromatic rings. The van der Waals surface area contributed by atoms with Crippen molar-refractivity contribution in [1.82, 2.24) is 0 Å². The quantitative estimate of drug-likeness (QED) is 0.389. The van der Waals surface area contributed by atoms with Crippen LogP contribution in [0.3, 0.4) is 0 Å². The van der Waals surface area contributed by atoms with E-state index in [2.05, 4.69) is 0 Å². The normalized spacial score (nSPS) is 34.2. The number of allylic oxidation sites excluding steroid dienone is 1. The van der Waals surface area contributed by atoms with Crippen molar-refractivity contribution < 1.29 is 9.53 Å². The number of carbonyl (C=O) groups is 1. The maximum atomic E-state index is 10.5. The van der Waals surface area contributed by atoms with Crippen LogP contribution in [0.25, 0.3) is 0 Å². The number of hydrogen-bond donors (Lipinski definition) is 0. The van der Waals surface area contributed by atoms with Crippen molar-refractivity contribution >= 4 is 5.97 Å². The van der Waals surface area contributed by atoms with Crippen LogP contribution in [0.2, 0.25) is 0 Å². The summed E-state index contributed by atoms with van der Waals surface area (Å²) in [5.41, 5.74) is 0. The van der Waals surface area contributed by atoms with E-state index in [1.807, 2.05) is 26.0 Å². The molecule has 0 aliphatic carbocycles. The van der Waals surface area contributed by atoms with Crippen molar-refractivity contribution in [3.8, 4) is 0 Å². The van der Waals surface area contributed by atoms with Crippen molar-refractivity contribution in [2.24, 2.45) is 5.92 Å². The summed E-state index contributed by atoms with van der Waals surface area (Å²) >= 11 is 0. The van der Waals surface area contributed by atoms with Gasteiger partial charge in [0.25, 0.3) is 0 Å². The number of esters is 1. The highest BCUT2D eigenvalue weighted by atomic mass is 16.6. The predicted octanol–water partition coefficient (Wildman–Crippen LogP) is 1.12. The molecule has 0 bridgehead atoms.